The molecule has 0 saturated heterocycles. The summed E-state index contributed by atoms with van der Waals surface area (Å²) < 4.78 is 42.4. The first-order chi connectivity index (χ1) is 20.7. The Hall–Kier alpha value is -4.89. The normalized spacial score (nSPS) is 12.4. The molecule has 8 aromatic carbocycles. The predicted octanol–water partition coefficient (Wildman–Crippen LogP) is 11.9. The van der Waals surface area contributed by atoms with Gasteiger partial charge >= 0.3 is 0 Å². The average Bonchev–Trinajstić information content (AvgIpc) is 3.00. The van der Waals surface area contributed by atoms with Gasteiger partial charge in [-0.25, -0.2) is 13.2 Å². The summed E-state index contributed by atoms with van der Waals surface area (Å²) in [6, 6.07) is 36.1. The van der Waals surface area contributed by atoms with Crippen molar-refractivity contribution in [1.82, 2.24) is 0 Å². The van der Waals surface area contributed by atoms with Crippen LogP contribution in [0.4, 0.5) is 13.2 Å². The van der Waals surface area contributed by atoms with Gasteiger partial charge in [-0.15, -0.1) is 0 Å². The summed E-state index contributed by atoms with van der Waals surface area (Å²) in [5.74, 6) is -3.84. The van der Waals surface area contributed by atoms with Crippen LogP contribution in [0.15, 0.2) is 109 Å². The molecule has 0 aliphatic heterocycles. The lowest BCUT2D eigenvalue weighted by molar-refractivity contribution is 0.448. The molecule has 0 radical (unpaired) electrons. The molecule has 0 heterocycles. The average molecular weight is 565 g/mol. The molecule has 0 fully saturated rings. The molecule has 0 nitrogen and oxygen atoms in total. The highest BCUT2D eigenvalue weighted by molar-refractivity contribution is 6.29. The molecule has 0 aliphatic carbocycles. The minimum atomic E-state index is -1.46. The molecule has 3 heteroatoms. The quantitative estimate of drug-likeness (QED) is 0.111. The van der Waals surface area contributed by atoms with Crippen LogP contribution in [-0.4, -0.2) is 0 Å². The monoisotopic (exact) mass is 564 g/mol. The Bertz CT molecular complexity index is 2330. The maximum absolute atomic E-state index is 14.3. The van der Waals surface area contributed by atoms with Crippen molar-refractivity contribution in [3.05, 3.63) is 132 Å². The highest BCUT2D eigenvalue weighted by Gasteiger charge is 2.24. The van der Waals surface area contributed by atoms with E-state index in [1.54, 1.807) is 0 Å². The summed E-state index contributed by atoms with van der Waals surface area (Å²) in [5.41, 5.74) is 4.58. The van der Waals surface area contributed by atoms with Crippen LogP contribution >= 0.6 is 0 Å². The topological polar surface area (TPSA) is 0 Å². The van der Waals surface area contributed by atoms with E-state index in [9.17, 15) is 13.2 Å². The van der Waals surface area contributed by atoms with Gasteiger partial charge in [-0.3, -0.25) is 0 Å². The van der Waals surface area contributed by atoms with Gasteiger partial charge in [0.1, 0.15) is 0 Å². The Morgan fingerprint density at radius 1 is 0.465 bits per heavy atom. The highest BCUT2D eigenvalue weighted by Crippen LogP contribution is 2.48. The van der Waals surface area contributed by atoms with E-state index >= 15 is 0 Å². The van der Waals surface area contributed by atoms with Gasteiger partial charge in [-0.05, 0) is 99.2 Å². The van der Waals surface area contributed by atoms with E-state index in [0.717, 1.165) is 50.0 Å². The van der Waals surface area contributed by atoms with E-state index < -0.39 is 17.5 Å². The van der Waals surface area contributed by atoms with Crippen molar-refractivity contribution in [3.63, 3.8) is 0 Å². The summed E-state index contributed by atoms with van der Waals surface area (Å²) in [5, 5.41) is 11.1. The van der Waals surface area contributed by atoms with Gasteiger partial charge in [0.25, 0.3) is 0 Å². The molecule has 43 heavy (non-hydrogen) atoms. The third kappa shape index (κ3) is 3.71. The minimum absolute atomic E-state index is 0.0594. The maximum atomic E-state index is 14.3. The Balaban J connectivity index is 1.51. The third-order valence-electron chi connectivity index (χ3n) is 8.91. The summed E-state index contributed by atoms with van der Waals surface area (Å²) in [7, 11) is 0. The minimum Gasteiger partial charge on any atom is -0.204 e. The second-order valence-corrected chi connectivity index (χ2v) is 12.5. The predicted molar refractivity (Wildman–Crippen MR) is 175 cm³/mol. The maximum Gasteiger partial charge on any atom is 0.194 e. The Kier molecular flexibility index (Phi) is 5.43. The molecule has 0 aliphatic rings. The second-order valence-electron chi connectivity index (χ2n) is 12.5. The van der Waals surface area contributed by atoms with Crippen molar-refractivity contribution in [2.75, 3.05) is 0 Å². The molecule has 0 N–H and O–H groups in total. The van der Waals surface area contributed by atoms with Gasteiger partial charge < -0.3 is 0 Å². The Morgan fingerprint density at radius 2 is 0.907 bits per heavy atom. The lowest BCUT2D eigenvalue weighted by Gasteiger charge is -2.26. The smallest absolute Gasteiger partial charge is 0.194 e. The van der Waals surface area contributed by atoms with Crippen LogP contribution in [-0.2, 0) is 5.41 Å². The van der Waals surface area contributed by atoms with Crippen molar-refractivity contribution in [1.29, 1.82) is 0 Å². The fourth-order valence-electron chi connectivity index (χ4n) is 7.21. The van der Waals surface area contributed by atoms with E-state index in [0.29, 0.717) is 11.1 Å². The standard InChI is InChI=1S/C40H27F3/c1-40(2,3)38-31-10-6-4-8-26(31)37(27-9-5-7-11-32(27)38)30-19-15-23-13-17-28-25(24-20-33(41)39(43)34(42)21-24)16-12-22-14-18-29(30)36(23)35(22)28/h4-21H,1-3H3. The number of fused-ring (bicyclic) bond motifs is 2. The first kappa shape index (κ1) is 25.8. The van der Waals surface area contributed by atoms with Crippen molar-refractivity contribution >= 4 is 53.9 Å². The van der Waals surface area contributed by atoms with Crippen LogP contribution in [0.25, 0.3) is 76.1 Å². The summed E-state index contributed by atoms with van der Waals surface area (Å²) in [6.45, 7) is 6.81. The van der Waals surface area contributed by atoms with Gasteiger partial charge in [0.05, 0.1) is 0 Å². The van der Waals surface area contributed by atoms with Crippen molar-refractivity contribution in [2.45, 2.75) is 26.2 Å². The largest absolute Gasteiger partial charge is 0.204 e. The van der Waals surface area contributed by atoms with Crippen molar-refractivity contribution in [3.8, 4) is 22.3 Å². The van der Waals surface area contributed by atoms with Crippen LogP contribution in [0.2, 0.25) is 0 Å². The number of rotatable bonds is 2. The molecule has 0 unspecified atom stereocenters. The zero-order valence-corrected chi connectivity index (χ0v) is 24.0. The Labute approximate surface area is 247 Å². The van der Waals surface area contributed by atoms with E-state index in [1.807, 2.05) is 18.2 Å². The molecule has 0 atom stereocenters. The van der Waals surface area contributed by atoms with Gasteiger partial charge in [-0.2, -0.15) is 0 Å². The molecule has 0 bridgehead atoms. The van der Waals surface area contributed by atoms with Crippen molar-refractivity contribution < 1.29 is 13.2 Å². The number of halogens is 3. The molecule has 208 valence electrons. The third-order valence-corrected chi connectivity index (χ3v) is 8.91. The molecule has 0 amide bonds. The van der Waals surface area contributed by atoms with E-state index in [1.165, 1.54) is 32.7 Å². The van der Waals surface area contributed by atoms with Gasteiger partial charge in [0.2, 0.25) is 0 Å². The summed E-state index contributed by atoms with van der Waals surface area (Å²) >= 11 is 0. The van der Waals surface area contributed by atoms with Crippen LogP contribution in [0, 0.1) is 17.5 Å². The molecule has 0 spiro atoms. The van der Waals surface area contributed by atoms with E-state index in [-0.39, 0.29) is 5.41 Å². The number of benzene rings is 8. The van der Waals surface area contributed by atoms with Crippen LogP contribution < -0.4 is 0 Å². The first-order valence-corrected chi connectivity index (χ1v) is 14.5. The number of hydrogen-bond acceptors (Lipinski definition) is 0. The number of hydrogen-bond donors (Lipinski definition) is 0. The molecule has 8 aromatic rings. The van der Waals surface area contributed by atoms with Gasteiger partial charge in [0, 0.05) is 0 Å². The lowest BCUT2D eigenvalue weighted by Crippen LogP contribution is -2.13. The highest BCUT2D eigenvalue weighted by atomic mass is 19.2. The fraction of sp³-hybridized carbons (Fsp3) is 0.100. The van der Waals surface area contributed by atoms with Gasteiger partial charge in [-0.1, -0.05) is 118 Å². The Morgan fingerprint density at radius 3 is 1.42 bits per heavy atom. The van der Waals surface area contributed by atoms with E-state index in [4.69, 9.17) is 0 Å². The molecule has 8 rings (SSSR count). The summed E-state index contributed by atoms with van der Waals surface area (Å²) in [4.78, 5) is 0. The SMILES string of the molecule is CC(C)(C)c1c2ccccc2c(-c2ccc3ccc4c(-c5cc(F)c(F)c(F)c5)ccc5ccc2c3c54)c2ccccc12. The molecular weight excluding hydrogens is 537 g/mol. The van der Waals surface area contributed by atoms with Gasteiger partial charge in [0.15, 0.2) is 17.5 Å². The molecule has 0 aromatic heterocycles. The fourth-order valence-corrected chi connectivity index (χ4v) is 7.21. The van der Waals surface area contributed by atoms with Crippen LogP contribution in [0.5, 0.6) is 0 Å². The molecular formula is C40H27F3. The zero-order valence-electron chi connectivity index (χ0n) is 24.0. The zero-order chi connectivity index (χ0) is 29.6. The summed E-state index contributed by atoms with van der Waals surface area (Å²) in [6.07, 6.45) is 0. The first-order valence-electron chi connectivity index (χ1n) is 14.5. The lowest BCUT2D eigenvalue weighted by atomic mass is 9.77. The molecule has 0 saturated carbocycles. The van der Waals surface area contributed by atoms with E-state index in [2.05, 4.69) is 99.6 Å². The van der Waals surface area contributed by atoms with Crippen LogP contribution in [0.1, 0.15) is 26.3 Å². The van der Waals surface area contributed by atoms with Crippen LogP contribution in [0.3, 0.4) is 0 Å². The second kappa shape index (κ2) is 9.05. The van der Waals surface area contributed by atoms with Crippen molar-refractivity contribution in [2.24, 2.45) is 0 Å².